The maximum atomic E-state index is 13.3. The predicted octanol–water partition coefficient (Wildman–Crippen LogP) is 2.91. The fraction of sp³-hybridized carbons (Fsp3) is 0.176. The molecule has 3 rings (SSSR count). The topological polar surface area (TPSA) is 83.6 Å². The molecule has 128 valence electrons. The van der Waals surface area contributed by atoms with Crippen molar-refractivity contribution in [2.45, 2.75) is 19.4 Å². The van der Waals surface area contributed by atoms with Crippen molar-refractivity contribution >= 4 is 5.91 Å². The van der Waals surface area contributed by atoms with E-state index >= 15 is 0 Å². The lowest BCUT2D eigenvalue weighted by Crippen LogP contribution is -2.23. The molecule has 0 bridgehead atoms. The van der Waals surface area contributed by atoms with Crippen LogP contribution in [0.3, 0.4) is 0 Å². The van der Waals surface area contributed by atoms with Gasteiger partial charge in [-0.1, -0.05) is 0 Å². The van der Waals surface area contributed by atoms with Gasteiger partial charge in [-0.3, -0.25) is 14.8 Å². The van der Waals surface area contributed by atoms with Crippen LogP contribution >= 0.6 is 0 Å². The number of halogens is 2. The van der Waals surface area contributed by atoms with E-state index in [9.17, 15) is 13.6 Å². The second-order valence-electron chi connectivity index (χ2n) is 5.52. The van der Waals surface area contributed by atoms with Crippen LogP contribution < -0.4 is 5.32 Å². The van der Waals surface area contributed by atoms with Gasteiger partial charge in [-0.05, 0) is 23.8 Å². The summed E-state index contributed by atoms with van der Waals surface area (Å²) in [7, 11) is 0. The zero-order chi connectivity index (χ0) is 17.9. The summed E-state index contributed by atoms with van der Waals surface area (Å²) in [5.74, 6) is -2.77. The minimum atomic E-state index is -2.98. The van der Waals surface area contributed by atoms with Crippen LogP contribution in [0.15, 0.2) is 49.2 Å². The van der Waals surface area contributed by atoms with E-state index in [2.05, 4.69) is 25.3 Å². The Morgan fingerprint density at radius 1 is 1.24 bits per heavy atom. The zero-order valence-corrected chi connectivity index (χ0v) is 13.3. The molecule has 0 aliphatic rings. The first-order valence-electron chi connectivity index (χ1n) is 7.50. The number of H-pyrrole nitrogens is 1. The average Bonchev–Trinajstić information content (AvgIpc) is 3.14. The molecule has 0 atom stereocenters. The highest BCUT2D eigenvalue weighted by atomic mass is 19.3. The largest absolute Gasteiger partial charge is 0.348 e. The number of imidazole rings is 1. The summed E-state index contributed by atoms with van der Waals surface area (Å²) in [4.78, 5) is 27.2. The lowest BCUT2D eigenvalue weighted by molar-refractivity contribution is 0.0170. The molecule has 0 aliphatic carbocycles. The smallest absolute Gasteiger partial charge is 0.272 e. The normalized spacial score (nSPS) is 11.3. The molecule has 0 aromatic carbocycles. The number of carbonyl (C=O) groups excluding carboxylic acids is 1. The summed E-state index contributed by atoms with van der Waals surface area (Å²) < 4.78 is 26.7. The molecule has 3 aromatic heterocycles. The lowest BCUT2D eigenvalue weighted by atomic mass is 10.1. The molecule has 0 saturated carbocycles. The summed E-state index contributed by atoms with van der Waals surface area (Å²) in [5.41, 5.74) is 1.23. The van der Waals surface area contributed by atoms with E-state index < -0.39 is 5.92 Å². The molecular weight excluding hydrogens is 328 g/mol. The highest BCUT2D eigenvalue weighted by Gasteiger charge is 2.24. The number of rotatable bonds is 5. The van der Waals surface area contributed by atoms with Crippen molar-refractivity contribution in [2.75, 3.05) is 0 Å². The third-order valence-corrected chi connectivity index (χ3v) is 3.52. The molecule has 0 spiro atoms. The van der Waals surface area contributed by atoms with Crippen molar-refractivity contribution in [1.29, 1.82) is 0 Å². The third kappa shape index (κ3) is 4.03. The Kier molecular flexibility index (Phi) is 4.51. The van der Waals surface area contributed by atoms with Crippen LogP contribution in [0.2, 0.25) is 0 Å². The van der Waals surface area contributed by atoms with Gasteiger partial charge in [0, 0.05) is 55.6 Å². The Morgan fingerprint density at radius 3 is 2.80 bits per heavy atom. The third-order valence-electron chi connectivity index (χ3n) is 3.52. The van der Waals surface area contributed by atoms with Gasteiger partial charge in [0.2, 0.25) is 0 Å². The highest BCUT2D eigenvalue weighted by molar-refractivity contribution is 5.94. The number of hydrogen-bond acceptors (Lipinski definition) is 4. The van der Waals surface area contributed by atoms with Crippen molar-refractivity contribution in [1.82, 2.24) is 25.3 Å². The number of aromatic nitrogens is 4. The van der Waals surface area contributed by atoms with Crippen molar-refractivity contribution in [3.63, 3.8) is 0 Å². The fourth-order valence-corrected chi connectivity index (χ4v) is 2.22. The van der Waals surface area contributed by atoms with E-state index in [4.69, 9.17) is 0 Å². The number of carbonyl (C=O) groups is 1. The van der Waals surface area contributed by atoms with Gasteiger partial charge in [-0.15, -0.1) is 0 Å². The van der Waals surface area contributed by atoms with Crippen LogP contribution in [0.4, 0.5) is 8.78 Å². The Bertz CT molecular complexity index is 875. The molecule has 0 aliphatic heterocycles. The zero-order valence-electron chi connectivity index (χ0n) is 13.3. The maximum Gasteiger partial charge on any atom is 0.272 e. The molecule has 3 aromatic rings. The Hall–Kier alpha value is -3.16. The average molecular weight is 343 g/mol. The van der Waals surface area contributed by atoms with Crippen LogP contribution in [-0.4, -0.2) is 25.8 Å². The molecule has 6 nitrogen and oxygen atoms in total. The van der Waals surface area contributed by atoms with Gasteiger partial charge >= 0.3 is 0 Å². The minimum absolute atomic E-state index is 0.0914. The van der Waals surface area contributed by atoms with E-state index in [0.717, 1.165) is 13.1 Å². The van der Waals surface area contributed by atoms with E-state index in [0.29, 0.717) is 22.6 Å². The molecule has 2 N–H and O–H groups in total. The number of aromatic amines is 1. The summed E-state index contributed by atoms with van der Waals surface area (Å²) in [6.45, 7) is 0.896. The summed E-state index contributed by atoms with van der Waals surface area (Å²) in [6.07, 6.45) is 7.31. The molecule has 0 radical (unpaired) electrons. The molecular formula is C17H15F2N5O. The number of pyridine rings is 2. The Morgan fingerprint density at radius 2 is 2.08 bits per heavy atom. The quantitative estimate of drug-likeness (QED) is 0.746. The van der Waals surface area contributed by atoms with Gasteiger partial charge < -0.3 is 10.3 Å². The van der Waals surface area contributed by atoms with Crippen molar-refractivity contribution in [2.24, 2.45) is 0 Å². The van der Waals surface area contributed by atoms with Crippen LogP contribution in [0, 0.1) is 0 Å². The van der Waals surface area contributed by atoms with Crippen molar-refractivity contribution < 1.29 is 13.6 Å². The van der Waals surface area contributed by atoms with Gasteiger partial charge in [0.1, 0.15) is 5.69 Å². The summed E-state index contributed by atoms with van der Waals surface area (Å²) in [6, 6.07) is 4.49. The number of nitrogens with zero attached hydrogens (tertiary/aromatic N) is 3. The first-order valence-corrected chi connectivity index (χ1v) is 7.50. The van der Waals surface area contributed by atoms with Gasteiger partial charge in [-0.2, -0.15) is 0 Å². The minimum Gasteiger partial charge on any atom is -0.348 e. The summed E-state index contributed by atoms with van der Waals surface area (Å²) >= 11 is 0. The van der Waals surface area contributed by atoms with Crippen LogP contribution in [0.1, 0.15) is 28.4 Å². The predicted molar refractivity (Wildman–Crippen MR) is 86.8 cm³/mol. The molecule has 8 heteroatoms. The second-order valence-corrected chi connectivity index (χ2v) is 5.52. The van der Waals surface area contributed by atoms with E-state index in [1.807, 2.05) is 0 Å². The number of hydrogen-bond donors (Lipinski definition) is 2. The number of amides is 1. The Labute approximate surface area is 142 Å². The number of alkyl halides is 2. The molecule has 3 heterocycles. The lowest BCUT2D eigenvalue weighted by Gasteiger charge is -2.12. The number of nitrogens with one attached hydrogen (secondary N) is 2. The highest BCUT2D eigenvalue weighted by Crippen LogP contribution is 2.26. The molecule has 1 amide bonds. The maximum absolute atomic E-state index is 13.3. The molecule has 0 saturated heterocycles. The monoisotopic (exact) mass is 343 g/mol. The molecule has 25 heavy (non-hydrogen) atoms. The summed E-state index contributed by atoms with van der Waals surface area (Å²) in [5, 5.41) is 2.68. The van der Waals surface area contributed by atoms with Gasteiger partial charge in [-0.25, -0.2) is 13.8 Å². The molecule has 0 fully saturated rings. The van der Waals surface area contributed by atoms with Crippen molar-refractivity contribution in [3.05, 3.63) is 65.9 Å². The van der Waals surface area contributed by atoms with Crippen LogP contribution in [-0.2, 0) is 12.5 Å². The first-order chi connectivity index (χ1) is 11.9. The van der Waals surface area contributed by atoms with E-state index in [1.165, 1.54) is 18.5 Å². The first kappa shape index (κ1) is 16.7. The SMILES string of the molecule is CC(F)(F)c1cncc(CNC(=O)c2ccnc(-c3ncc[nH]3)c2)c1. The van der Waals surface area contributed by atoms with Gasteiger partial charge in [0.05, 0.1) is 0 Å². The van der Waals surface area contributed by atoms with E-state index in [-0.39, 0.29) is 18.0 Å². The Balaban J connectivity index is 1.70. The second kappa shape index (κ2) is 6.76. The van der Waals surface area contributed by atoms with Crippen LogP contribution in [0.25, 0.3) is 11.5 Å². The van der Waals surface area contributed by atoms with E-state index in [1.54, 1.807) is 24.5 Å². The standard InChI is InChI=1S/C17H15F2N5O/c1-17(18,19)13-6-11(8-20-10-13)9-24-16(25)12-2-3-21-14(7-12)15-22-4-5-23-15/h2-8,10H,9H2,1H3,(H,22,23)(H,24,25). The van der Waals surface area contributed by atoms with Crippen LogP contribution in [0.5, 0.6) is 0 Å². The van der Waals surface area contributed by atoms with Gasteiger partial charge in [0.25, 0.3) is 11.8 Å². The van der Waals surface area contributed by atoms with Gasteiger partial charge in [0.15, 0.2) is 5.82 Å². The molecule has 0 unspecified atom stereocenters. The fourth-order valence-electron chi connectivity index (χ4n) is 2.22. The van der Waals surface area contributed by atoms with Crippen molar-refractivity contribution in [3.8, 4) is 11.5 Å².